The Balaban J connectivity index is 2.34. The predicted molar refractivity (Wildman–Crippen MR) is 216 cm³/mol. The summed E-state index contributed by atoms with van der Waals surface area (Å²) in [6.45, 7) is 7.79. The standard InChI is InChI=1S/C41H59N7O11/c1-23(2)18-30(46-36(53)28(42)22-49)38(55)44-29(16-17-34(50)51)37(54)43-25(5)35(52)45-31(20-26-12-8-6-9-13-26)39(56)47-32(21-27-14-10-7-11-15-27)40(57)48-33(41(58)59)19-24(3)4/h6-15,23-25,28-33,49H,16-22,42H2,1-5H3,(H,43,54)(H,44,55)(H,45,52)(H,46,53)(H,47,56)(H,48,57)(H,50,51)(H,58,59)/t25-,28-,29-,30-,31-,32-,33-/m0/s1. The SMILES string of the molecule is CC(C)C[C@H](NC(=O)[C@H](Cc1ccccc1)NC(=O)[C@H](Cc1ccccc1)NC(=O)[C@H](C)NC(=O)[C@H](CCC(=O)O)NC(=O)[C@H](CC(C)C)NC(=O)[C@@H](N)CO)C(=O)O. The number of aliphatic hydroxyl groups excluding tert-OH is 1. The van der Waals surface area contributed by atoms with Crippen LogP contribution < -0.4 is 37.6 Å². The molecule has 0 aromatic heterocycles. The summed E-state index contributed by atoms with van der Waals surface area (Å²) in [4.78, 5) is 104. The van der Waals surface area contributed by atoms with Crippen LogP contribution in [-0.2, 0) is 51.2 Å². The number of carboxylic acids is 2. The van der Waals surface area contributed by atoms with Crippen LogP contribution in [0, 0.1) is 11.8 Å². The molecule has 0 heterocycles. The van der Waals surface area contributed by atoms with Gasteiger partial charge in [0, 0.05) is 19.3 Å². The third kappa shape index (κ3) is 18.1. The zero-order chi connectivity index (χ0) is 44.2. The fourth-order valence-corrected chi connectivity index (χ4v) is 5.91. The van der Waals surface area contributed by atoms with Crippen molar-refractivity contribution in [2.75, 3.05) is 6.61 Å². The quantitative estimate of drug-likeness (QED) is 0.0621. The van der Waals surface area contributed by atoms with E-state index in [1.54, 1.807) is 88.4 Å². The van der Waals surface area contributed by atoms with Gasteiger partial charge in [-0.3, -0.25) is 33.6 Å². The molecule has 2 aromatic carbocycles. The number of hydrogen-bond donors (Lipinski definition) is 10. The third-order valence-electron chi connectivity index (χ3n) is 9.06. The van der Waals surface area contributed by atoms with Crippen LogP contribution >= 0.6 is 0 Å². The topological polar surface area (TPSA) is 295 Å². The van der Waals surface area contributed by atoms with Crippen molar-refractivity contribution >= 4 is 47.4 Å². The highest BCUT2D eigenvalue weighted by Gasteiger charge is 2.33. The smallest absolute Gasteiger partial charge is 0.326 e. The highest BCUT2D eigenvalue weighted by Crippen LogP contribution is 2.11. The van der Waals surface area contributed by atoms with Crippen LogP contribution in [0.15, 0.2) is 60.7 Å². The van der Waals surface area contributed by atoms with Crippen LogP contribution in [0.5, 0.6) is 0 Å². The molecule has 0 radical (unpaired) electrons. The minimum atomic E-state index is -1.47. The van der Waals surface area contributed by atoms with Gasteiger partial charge in [-0.25, -0.2) is 4.79 Å². The van der Waals surface area contributed by atoms with Crippen molar-refractivity contribution in [3.05, 3.63) is 71.8 Å². The highest BCUT2D eigenvalue weighted by molar-refractivity contribution is 5.97. The minimum Gasteiger partial charge on any atom is -0.481 e. The Morgan fingerprint density at radius 2 is 0.915 bits per heavy atom. The van der Waals surface area contributed by atoms with E-state index < -0.39 is 103 Å². The van der Waals surface area contributed by atoms with Gasteiger partial charge in [0.15, 0.2) is 0 Å². The Kier molecular flexibility index (Phi) is 20.7. The number of nitrogens with two attached hydrogens (primary N) is 1. The number of carbonyl (C=O) groups is 8. The van der Waals surface area contributed by atoms with E-state index in [9.17, 15) is 53.7 Å². The van der Waals surface area contributed by atoms with E-state index >= 15 is 0 Å². The average Bonchev–Trinajstić information content (AvgIpc) is 3.17. The molecule has 0 aliphatic carbocycles. The van der Waals surface area contributed by atoms with Crippen molar-refractivity contribution in [3.8, 4) is 0 Å². The van der Waals surface area contributed by atoms with Gasteiger partial charge in [0.05, 0.1) is 6.61 Å². The first-order chi connectivity index (χ1) is 27.8. The monoisotopic (exact) mass is 825 g/mol. The first-order valence-electron chi connectivity index (χ1n) is 19.5. The average molecular weight is 826 g/mol. The molecule has 0 aliphatic rings. The largest absolute Gasteiger partial charge is 0.481 e. The van der Waals surface area contributed by atoms with Crippen LogP contribution in [0.1, 0.15) is 71.4 Å². The van der Waals surface area contributed by atoms with Crippen LogP contribution in [0.4, 0.5) is 0 Å². The zero-order valence-electron chi connectivity index (χ0n) is 34.1. The molecule has 2 rings (SSSR count). The molecule has 0 spiro atoms. The van der Waals surface area contributed by atoms with E-state index in [1.807, 2.05) is 0 Å². The van der Waals surface area contributed by atoms with E-state index in [0.29, 0.717) is 11.1 Å². The highest BCUT2D eigenvalue weighted by atomic mass is 16.4. The van der Waals surface area contributed by atoms with E-state index in [4.69, 9.17) is 5.73 Å². The first-order valence-corrected chi connectivity index (χ1v) is 19.5. The van der Waals surface area contributed by atoms with Gasteiger partial charge in [0.2, 0.25) is 35.4 Å². The lowest BCUT2D eigenvalue weighted by molar-refractivity contribution is -0.142. The fourth-order valence-electron chi connectivity index (χ4n) is 5.91. The molecule has 0 aliphatic heterocycles. The Morgan fingerprint density at radius 1 is 0.525 bits per heavy atom. The second-order valence-corrected chi connectivity index (χ2v) is 15.2. The van der Waals surface area contributed by atoms with Gasteiger partial charge in [0.1, 0.15) is 42.3 Å². The Labute approximate surface area is 343 Å². The second-order valence-electron chi connectivity index (χ2n) is 15.2. The number of carbonyl (C=O) groups excluding carboxylic acids is 6. The van der Waals surface area contributed by atoms with Crippen molar-refractivity contribution in [1.82, 2.24) is 31.9 Å². The van der Waals surface area contributed by atoms with Gasteiger partial charge in [0.25, 0.3) is 0 Å². The van der Waals surface area contributed by atoms with Crippen molar-refractivity contribution in [3.63, 3.8) is 0 Å². The molecule has 11 N–H and O–H groups in total. The summed E-state index contributed by atoms with van der Waals surface area (Å²) in [6.07, 6.45) is -0.744. The number of nitrogens with one attached hydrogen (secondary N) is 6. The van der Waals surface area contributed by atoms with Gasteiger partial charge in [-0.1, -0.05) is 88.4 Å². The summed E-state index contributed by atoms with van der Waals surface area (Å²) in [7, 11) is 0. The summed E-state index contributed by atoms with van der Waals surface area (Å²) in [5.41, 5.74) is 6.89. The van der Waals surface area contributed by atoms with Crippen LogP contribution in [0.2, 0.25) is 0 Å². The Morgan fingerprint density at radius 3 is 1.36 bits per heavy atom. The number of carboxylic acid groups (broad SMARTS) is 2. The number of aliphatic hydroxyl groups is 1. The molecule has 18 heteroatoms. The molecule has 6 amide bonds. The lowest BCUT2D eigenvalue weighted by Gasteiger charge is -2.27. The van der Waals surface area contributed by atoms with Gasteiger partial charge < -0.3 is 53.0 Å². The molecule has 0 bridgehead atoms. The maximum Gasteiger partial charge on any atom is 0.326 e. The lowest BCUT2D eigenvalue weighted by Crippen LogP contribution is -2.60. The fraction of sp³-hybridized carbons (Fsp3) is 0.512. The van der Waals surface area contributed by atoms with Gasteiger partial charge in [-0.2, -0.15) is 0 Å². The van der Waals surface area contributed by atoms with Crippen molar-refractivity contribution in [2.45, 2.75) is 115 Å². The van der Waals surface area contributed by atoms with Crippen molar-refractivity contribution < 1.29 is 53.7 Å². The van der Waals surface area contributed by atoms with Crippen LogP contribution in [0.25, 0.3) is 0 Å². The van der Waals surface area contributed by atoms with Crippen molar-refractivity contribution in [2.24, 2.45) is 17.6 Å². The molecule has 18 nitrogen and oxygen atoms in total. The molecule has 59 heavy (non-hydrogen) atoms. The van der Waals surface area contributed by atoms with Gasteiger partial charge in [-0.05, 0) is 49.1 Å². The molecule has 0 unspecified atom stereocenters. The molecule has 7 atom stereocenters. The predicted octanol–water partition coefficient (Wildman–Crippen LogP) is -0.238. The third-order valence-corrected chi connectivity index (χ3v) is 9.06. The molecule has 324 valence electrons. The number of amides is 6. The van der Waals surface area contributed by atoms with E-state index in [1.165, 1.54) is 6.92 Å². The van der Waals surface area contributed by atoms with E-state index in [2.05, 4.69) is 31.9 Å². The van der Waals surface area contributed by atoms with Crippen LogP contribution in [0.3, 0.4) is 0 Å². The summed E-state index contributed by atoms with van der Waals surface area (Å²) in [5.74, 6) is -7.64. The number of rotatable bonds is 25. The maximum atomic E-state index is 14.0. The summed E-state index contributed by atoms with van der Waals surface area (Å²) in [6, 6.07) is 8.26. The minimum absolute atomic E-state index is 0.00963. The molecule has 0 fully saturated rings. The summed E-state index contributed by atoms with van der Waals surface area (Å²) < 4.78 is 0. The number of hydrogen-bond acceptors (Lipinski definition) is 10. The van der Waals surface area contributed by atoms with E-state index in [-0.39, 0.29) is 43.9 Å². The molecule has 2 aromatic rings. The molecule has 0 saturated carbocycles. The van der Waals surface area contributed by atoms with Crippen molar-refractivity contribution in [1.29, 1.82) is 0 Å². The zero-order valence-corrected chi connectivity index (χ0v) is 34.1. The number of benzene rings is 2. The maximum absolute atomic E-state index is 14.0. The van der Waals surface area contributed by atoms with Gasteiger partial charge >= 0.3 is 11.9 Å². The Hall–Kier alpha value is -5.88. The Bertz CT molecular complexity index is 1730. The molecular weight excluding hydrogens is 766 g/mol. The summed E-state index contributed by atoms with van der Waals surface area (Å²) >= 11 is 0. The molecule has 0 saturated heterocycles. The van der Waals surface area contributed by atoms with Gasteiger partial charge in [-0.15, -0.1) is 0 Å². The first kappa shape index (κ1) is 49.3. The molecular formula is C41H59N7O11. The normalized spacial score (nSPS) is 14.7. The van der Waals surface area contributed by atoms with Crippen LogP contribution in [-0.4, -0.2) is 112 Å². The summed E-state index contributed by atoms with van der Waals surface area (Å²) in [5, 5.41) is 43.6. The number of aliphatic carboxylic acids is 2. The van der Waals surface area contributed by atoms with E-state index in [0.717, 1.165) is 0 Å². The lowest BCUT2D eigenvalue weighted by atomic mass is 10.0. The second kappa shape index (κ2) is 24.8.